The van der Waals surface area contributed by atoms with Gasteiger partial charge in [0.25, 0.3) is 0 Å². The standard InChI is InChI=1S/C17H21N3O2S/c1-2-15(21)20-17-19-13-10-12(8-9-14(13)23-17)18-16(22)11-6-4-3-5-7-11/h8-11H,2-7H2,1H3,(H,18,22)(H,19,20,21). The van der Waals surface area contributed by atoms with E-state index in [2.05, 4.69) is 15.6 Å². The van der Waals surface area contributed by atoms with Gasteiger partial charge in [0, 0.05) is 18.0 Å². The molecule has 1 aliphatic rings. The van der Waals surface area contributed by atoms with E-state index in [0.717, 1.165) is 41.6 Å². The molecule has 3 rings (SSSR count). The molecule has 1 aliphatic carbocycles. The molecule has 0 aliphatic heterocycles. The van der Waals surface area contributed by atoms with Crippen LogP contribution in [0.1, 0.15) is 45.4 Å². The molecule has 0 spiro atoms. The van der Waals surface area contributed by atoms with Crippen molar-refractivity contribution in [3.05, 3.63) is 18.2 Å². The minimum absolute atomic E-state index is 0.0464. The maximum atomic E-state index is 12.3. The lowest BCUT2D eigenvalue weighted by Gasteiger charge is -2.20. The highest BCUT2D eigenvalue weighted by Crippen LogP contribution is 2.29. The quantitative estimate of drug-likeness (QED) is 0.883. The number of carbonyl (C=O) groups excluding carboxylic acids is 2. The molecule has 6 heteroatoms. The molecular formula is C17H21N3O2S. The van der Waals surface area contributed by atoms with Crippen LogP contribution in [-0.4, -0.2) is 16.8 Å². The minimum Gasteiger partial charge on any atom is -0.326 e. The average molecular weight is 331 g/mol. The fourth-order valence-electron chi connectivity index (χ4n) is 2.88. The molecule has 2 aromatic rings. The van der Waals surface area contributed by atoms with Crippen LogP contribution in [0.15, 0.2) is 18.2 Å². The van der Waals surface area contributed by atoms with Gasteiger partial charge in [-0.1, -0.05) is 37.5 Å². The van der Waals surface area contributed by atoms with Crippen LogP contribution < -0.4 is 10.6 Å². The number of rotatable bonds is 4. The molecule has 23 heavy (non-hydrogen) atoms. The summed E-state index contributed by atoms with van der Waals surface area (Å²) in [5.41, 5.74) is 1.56. The van der Waals surface area contributed by atoms with Crippen molar-refractivity contribution in [1.29, 1.82) is 0 Å². The number of thiazole rings is 1. The molecule has 1 aromatic heterocycles. The highest BCUT2D eigenvalue weighted by Gasteiger charge is 2.21. The molecule has 0 radical (unpaired) electrons. The fraction of sp³-hybridized carbons (Fsp3) is 0.471. The molecule has 1 aromatic carbocycles. The van der Waals surface area contributed by atoms with Crippen molar-refractivity contribution < 1.29 is 9.59 Å². The molecule has 0 unspecified atom stereocenters. The lowest BCUT2D eigenvalue weighted by Crippen LogP contribution is -2.24. The zero-order valence-electron chi connectivity index (χ0n) is 13.2. The van der Waals surface area contributed by atoms with Crippen LogP contribution in [0, 0.1) is 5.92 Å². The summed E-state index contributed by atoms with van der Waals surface area (Å²) >= 11 is 1.44. The van der Waals surface area contributed by atoms with E-state index in [1.54, 1.807) is 0 Å². The zero-order valence-corrected chi connectivity index (χ0v) is 14.0. The maximum Gasteiger partial charge on any atom is 0.227 e. The first-order valence-electron chi connectivity index (χ1n) is 8.17. The molecule has 0 saturated heterocycles. The van der Waals surface area contributed by atoms with Gasteiger partial charge in [-0.3, -0.25) is 9.59 Å². The number of anilines is 2. The Morgan fingerprint density at radius 3 is 2.74 bits per heavy atom. The molecule has 0 bridgehead atoms. The van der Waals surface area contributed by atoms with Crippen molar-refractivity contribution in [2.24, 2.45) is 5.92 Å². The van der Waals surface area contributed by atoms with Crippen molar-refractivity contribution in [2.45, 2.75) is 45.4 Å². The zero-order chi connectivity index (χ0) is 16.2. The molecule has 0 atom stereocenters. The minimum atomic E-state index is -0.0464. The van der Waals surface area contributed by atoms with Crippen molar-refractivity contribution in [1.82, 2.24) is 4.98 Å². The number of hydrogen-bond donors (Lipinski definition) is 2. The number of hydrogen-bond acceptors (Lipinski definition) is 4. The van der Waals surface area contributed by atoms with Crippen molar-refractivity contribution in [3.63, 3.8) is 0 Å². The molecule has 2 N–H and O–H groups in total. The van der Waals surface area contributed by atoms with E-state index in [1.807, 2.05) is 25.1 Å². The second-order valence-electron chi connectivity index (χ2n) is 5.93. The van der Waals surface area contributed by atoms with Gasteiger partial charge in [0.15, 0.2) is 5.13 Å². The SMILES string of the molecule is CCC(=O)Nc1nc2cc(NC(=O)C3CCCCC3)ccc2s1. The molecule has 1 saturated carbocycles. The van der Waals surface area contributed by atoms with E-state index in [0.29, 0.717) is 11.6 Å². The number of aromatic nitrogens is 1. The van der Waals surface area contributed by atoms with Crippen molar-refractivity contribution >= 4 is 44.2 Å². The van der Waals surface area contributed by atoms with Gasteiger partial charge >= 0.3 is 0 Å². The third-order valence-electron chi connectivity index (χ3n) is 4.20. The topological polar surface area (TPSA) is 71.1 Å². The summed E-state index contributed by atoms with van der Waals surface area (Å²) in [6.07, 6.45) is 5.92. The van der Waals surface area contributed by atoms with Gasteiger partial charge in [-0.15, -0.1) is 0 Å². The molecule has 5 nitrogen and oxygen atoms in total. The third-order valence-corrected chi connectivity index (χ3v) is 5.15. The monoisotopic (exact) mass is 331 g/mol. The third kappa shape index (κ3) is 3.88. The van der Waals surface area contributed by atoms with Crippen molar-refractivity contribution in [2.75, 3.05) is 10.6 Å². The number of nitrogens with one attached hydrogen (secondary N) is 2. The summed E-state index contributed by atoms with van der Waals surface area (Å²) in [6, 6.07) is 5.70. The average Bonchev–Trinajstić information content (AvgIpc) is 2.96. The van der Waals surface area contributed by atoms with E-state index >= 15 is 0 Å². The summed E-state index contributed by atoms with van der Waals surface area (Å²) in [6.45, 7) is 1.81. The Bertz CT molecular complexity index is 720. The molecule has 2 amide bonds. The second kappa shape index (κ2) is 7.08. The Morgan fingerprint density at radius 2 is 2.00 bits per heavy atom. The Kier molecular flexibility index (Phi) is 4.91. The molecule has 122 valence electrons. The smallest absolute Gasteiger partial charge is 0.227 e. The maximum absolute atomic E-state index is 12.3. The van der Waals surface area contributed by atoms with Gasteiger partial charge in [-0.05, 0) is 31.0 Å². The lowest BCUT2D eigenvalue weighted by atomic mass is 9.88. The summed E-state index contributed by atoms with van der Waals surface area (Å²) in [5, 5.41) is 6.38. The number of fused-ring (bicyclic) bond motifs is 1. The predicted octanol–water partition coefficient (Wildman–Crippen LogP) is 4.16. The van der Waals surface area contributed by atoms with Crippen LogP contribution >= 0.6 is 11.3 Å². The highest BCUT2D eigenvalue weighted by atomic mass is 32.1. The second-order valence-corrected chi connectivity index (χ2v) is 6.96. The first-order chi connectivity index (χ1) is 11.2. The van der Waals surface area contributed by atoms with Gasteiger partial charge in [0.2, 0.25) is 11.8 Å². The highest BCUT2D eigenvalue weighted by molar-refractivity contribution is 7.22. The Labute approximate surface area is 139 Å². The summed E-state index contributed by atoms with van der Waals surface area (Å²) < 4.78 is 0.993. The molecule has 1 fully saturated rings. The van der Waals surface area contributed by atoms with E-state index < -0.39 is 0 Å². The van der Waals surface area contributed by atoms with Gasteiger partial charge in [-0.2, -0.15) is 0 Å². The van der Waals surface area contributed by atoms with Crippen LogP contribution in [0.5, 0.6) is 0 Å². The summed E-state index contributed by atoms with van der Waals surface area (Å²) in [4.78, 5) is 28.2. The van der Waals surface area contributed by atoms with Crippen LogP contribution in [0.3, 0.4) is 0 Å². The predicted molar refractivity (Wildman–Crippen MR) is 93.7 cm³/mol. The Balaban J connectivity index is 1.71. The van der Waals surface area contributed by atoms with Crippen LogP contribution in [0.2, 0.25) is 0 Å². The lowest BCUT2D eigenvalue weighted by molar-refractivity contribution is -0.120. The van der Waals surface area contributed by atoms with Crippen LogP contribution in [0.4, 0.5) is 10.8 Å². The normalized spacial score (nSPS) is 15.5. The van der Waals surface area contributed by atoms with Crippen LogP contribution in [-0.2, 0) is 9.59 Å². The van der Waals surface area contributed by atoms with Gasteiger partial charge < -0.3 is 10.6 Å². The first kappa shape index (κ1) is 15.9. The Hall–Kier alpha value is -1.95. The molecular weight excluding hydrogens is 310 g/mol. The van der Waals surface area contributed by atoms with Gasteiger partial charge in [0.05, 0.1) is 10.2 Å². The van der Waals surface area contributed by atoms with Crippen molar-refractivity contribution in [3.8, 4) is 0 Å². The van der Waals surface area contributed by atoms with E-state index in [9.17, 15) is 9.59 Å². The summed E-state index contributed by atoms with van der Waals surface area (Å²) in [5.74, 6) is 0.197. The van der Waals surface area contributed by atoms with E-state index in [1.165, 1.54) is 17.8 Å². The van der Waals surface area contributed by atoms with Gasteiger partial charge in [0.1, 0.15) is 0 Å². The fourth-order valence-corrected chi connectivity index (χ4v) is 3.74. The largest absolute Gasteiger partial charge is 0.326 e. The first-order valence-corrected chi connectivity index (χ1v) is 8.98. The molecule has 1 heterocycles. The number of nitrogens with zero attached hydrogens (tertiary/aromatic N) is 1. The van der Waals surface area contributed by atoms with Gasteiger partial charge in [-0.25, -0.2) is 4.98 Å². The Morgan fingerprint density at radius 1 is 1.22 bits per heavy atom. The number of benzene rings is 1. The van der Waals surface area contributed by atoms with E-state index in [-0.39, 0.29) is 17.7 Å². The van der Waals surface area contributed by atoms with Crippen LogP contribution in [0.25, 0.3) is 10.2 Å². The summed E-state index contributed by atoms with van der Waals surface area (Å²) in [7, 11) is 0. The van der Waals surface area contributed by atoms with E-state index in [4.69, 9.17) is 0 Å². The number of carbonyl (C=O) groups is 2. The number of amides is 2.